The van der Waals surface area contributed by atoms with E-state index in [0.29, 0.717) is 12.1 Å². The average molecular weight is 443 g/mol. The van der Waals surface area contributed by atoms with Crippen LogP contribution in [0.25, 0.3) is 0 Å². The van der Waals surface area contributed by atoms with E-state index in [4.69, 9.17) is 10.5 Å². The molecule has 3 N–H and O–H groups in total. The van der Waals surface area contributed by atoms with Crippen LogP contribution in [0.1, 0.15) is 25.0 Å². The molecule has 0 fully saturated rings. The summed E-state index contributed by atoms with van der Waals surface area (Å²) in [5.41, 5.74) is 8.07. The molecule has 0 bridgehead atoms. The Kier molecular flexibility index (Phi) is 7.97. The molecule has 4 nitrogen and oxygen atoms in total. The predicted octanol–water partition coefficient (Wildman–Crippen LogP) is 4.47. The van der Waals surface area contributed by atoms with E-state index in [1.165, 1.54) is 6.07 Å². The van der Waals surface area contributed by atoms with Gasteiger partial charge in [0.15, 0.2) is 5.96 Å². The number of nitrogens with one attached hydrogen (secondary N) is 1. The first-order chi connectivity index (χ1) is 10.9. The number of nitrogens with two attached hydrogens (primary N) is 1. The van der Waals surface area contributed by atoms with Crippen molar-refractivity contribution < 1.29 is 9.13 Å². The lowest BCUT2D eigenvalue weighted by atomic mass is 10.1. The number of ether oxygens (including phenoxy) is 1. The van der Waals surface area contributed by atoms with Gasteiger partial charge in [-0.3, -0.25) is 0 Å². The van der Waals surface area contributed by atoms with Gasteiger partial charge in [0.1, 0.15) is 11.6 Å². The molecule has 0 amide bonds. The number of aliphatic imine (C=N–C) groups is 1. The van der Waals surface area contributed by atoms with Crippen LogP contribution in [-0.2, 0) is 6.54 Å². The minimum atomic E-state index is -0.232. The third kappa shape index (κ3) is 6.35. The number of anilines is 1. The first-order valence-electron chi connectivity index (χ1n) is 7.52. The Bertz CT molecular complexity index is 687. The summed E-state index contributed by atoms with van der Waals surface area (Å²) in [6.45, 7) is 6.00. The van der Waals surface area contributed by atoms with Crippen molar-refractivity contribution in [1.29, 1.82) is 0 Å². The molecule has 0 heterocycles. The zero-order chi connectivity index (χ0) is 16.8. The van der Waals surface area contributed by atoms with Gasteiger partial charge in [-0.25, -0.2) is 9.38 Å². The molecular formula is C18H23FIN3O. The highest BCUT2D eigenvalue weighted by molar-refractivity contribution is 14.0. The number of guanidine groups is 1. The standard InChI is InChI=1S/C18H22FN3O.HI/c1-12(2)23-16-8-6-15(7-9-16)22-18(20)21-11-14-5-4-13(3)17(19)10-14;/h4-10,12H,11H2,1-3H3,(H3,20,21,22);1H. The maximum absolute atomic E-state index is 13.5. The second kappa shape index (κ2) is 9.46. The second-order valence-electron chi connectivity index (χ2n) is 5.60. The van der Waals surface area contributed by atoms with Crippen molar-refractivity contribution in [3.63, 3.8) is 0 Å². The van der Waals surface area contributed by atoms with E-state index in [1.807, 2.05) is 44.2 Å². The SMILES string of the molecule is Cc1ccc(CN=C(N)Nc2ccc(OC(C)C)cc2)cc1F.I. The van der Waals surface area contributed by atoms with Crippen LogP contribution < -0.4 is 15.8 Å². The fourth-order valence-corrected chi connectivity index (χ4v) is 1.99. The van der Waals surface area contributed by atoms with Gasteiger partial charge >= 0.3 is 0 Å². The molecule has 0 spiro atoms. The fraction of sp³-hybridized carbons (Fsp3) is 0.278. The van der Waals surface area contributed by atoms with Gasteiger partial charge in [-0.2, -0.15) is 0 Å². The van der Waals surface area contributed by atoms with Gasteiger partial charge in [-0.1, -0.05) is 12.1 Å². The Morgan fingerprint density at radius 1 is 1.21 bits per heavy atom. The third-order valence-electron chi connectivity index (χ3n) is 3.17. The van der Waals surface area contributed by atoms with Crippen LogP contribution in [0.4, 0.5) is 10.1 Å². The van der Waals surface area contributed by atoms with E-state index in [-0.39, 0.29) is 41.9 Å². The maximum Gasteiger partial charge on any atom is 0.193 e. The number of aryl methyl sites for hydroxylation is 1. The molecule has 0 aliphatic heterocycles. The van der Waals surface area contributed by atoms with Crippen molar-refractivity contribution in [1.82, 2.24) is 0 Å². The molecular weight excluding hydrogens is 420 g/mol. The lowest BCUT2D eigenvalue weighted by Crippen LogP contribution is -2.22. The van der Waals surface area contributed by atoms with Crippen LogP contribution in [0.15, 0.2) is 47.5 Å². The summed E-state index contributed by atoms with van der Waals surface area (Å²) in [5.74, 6) is 0.852. The predicted molar refractivity (Wildman–Crippen MR) is 108 cm³/mol. The number of halogens is 2. The number of hydrogen-bond acceptors (Lipinski definition) is 2. The summed E-state index contributed by atoms with van der Waals surface area (Å²) in [6.07, 6.45) is 0.135. The van der Waals surface area contributed by atoms with Crippen LogP contribution >= 0.6 is 24.0 Å². The van der Waals surface area contributed by atoms with Gasteiger partial charge in [0.05, 0.1) is 12.6 Å². The second-order valence-corrected chi connectivity index (χ2v) is 5.60. The number of benzene rings is 2. The molecule has 2 aromatic carbocycles. The van der Waals surface area contributed by atoms with Gasteiger partial charge in [0.25, 0.3) is 0 Å². The molecule has 0 saturated carbocycles. The topological polar surface area (TPSA) is 59.6 Å². The molecule has 2 aromatic rings. The summed E-state index contributed by atoms with van der Waals surface area (Å²) >= 11 is 0. The van der Waals surface area contributed by atoms with Crippen LogP contribution in [0.5, 0.6) is 5.75 Å². The summed E-state index contributed by atoms with van der Waals surface area (Å²) in [4.78, 5) is 4.22. The minimum absolute atomic E-state index is 0. The number of rotatable bonds is 5. The summed E-state index contributed by atoms with van der Waals surface area (Å²) in [5, 5.41) is 3.00. The van der Waals surface area contributed by atoms with Crippen molar-refractivity contribution in [3.05, 3.63) is 59.4 Å². The van der Waals surface area contributed by atoms with Crippen LogP contribution in [-0.4, -0.2) is 12.1 Å². The van der Waals surface area contributed by atoms with E-state index < -0.39 is 0 Å². The Labute approximate surface area is 159 Å². The lowest BCUT2D eigenvalue weighted by molar-refractivity contribution is 0.242. The van der Waals surface area contributed by atoms with Crippen molar-refractivity contribution in [3.8, 4) is 5.75 Å². The Morgan fingerprint density at radius 3 is 2.46 bits per heavy atom. The molecule has 0 aromatic heterocycles. The third-order valence-corrected chi connectivity index (χ3v) is 3.17. The van der Waals surface area contributed by atoms with E-state index in [0.717, 1.165) is 17.0 Å². The molecule has 0 aliphatic rings. The first kappa shape index (κ1) is 20.2. The van der Waals surface area contributed by atoms with Gasteiger partial charge in [-0.05, 0) is 62.2 Å². The van der Waals surface area contributed by atoms with E-state index in [9.17, 15) is 4.39 Å². The first-order valence-corrected chi connectivity index (χ1v) is 7.52. The normalized spacial score (nSPS) is 11.1. The van der Waals surface area contributed by atoms with Gasteiger partial charge in [-0.15, -0.1) is 24.0 Å². The minimum Gasteiger partial charge on any atom is -0.491 e. The summed E-state index contributed by atoms with van der Waals surface area (Å²) < 4.78 is 19.0. The van der Waals surface area contributed by atoms with Gasteiger partial charge in [0, 0.05) is 5.69 Å². The molecule has 0 atom stereocenters. The monoisotopic (exact) mass is 443 g/mol. The molecule has 6 heteroatoms. The number of nitrogens with zero attached hydrogens (tertiary/aromatic N) is 1. The molecule has 0 aliphatic carbocycles. The quantitative estimate of drug-likeness (QED) is 0.408. The Hall–Kier alpha value is -1.83. The van der Waals surface area contributed by atoms with E-state index in [2.05, 4.69) is 10.3 Å². The van der Waals surface area contributed by atoms with E-state index >= 15 is 0 Å². The highest BCUT2D eigenvalue weighted by atomic mass is 127. The molecule has 0 radical (unpaired) electrons. The zero-order valence-electron chi connectivity index (χ0n) is 14.0. The molecule has 0 saturated heterocycles. The van der Waals surface area contributed by atoms with Crippen molar-refractivity contribution in [2.24, 2.45) is 10.7 Å². The van der Waals surface area contributed by atoms with Crippen molar-refractivity contribution in [2.75, 3.05) is 5.32 Å². The fourth-order valence-electron chi connectivity index (χ4n) is 1.99. The highest BCUT2D eigenvalue weighted by Crippen LogP contribution is 2.17. The zero-order valence-corrected chi connectivity index (χ0v) is 16.4. The van der Waals surface area contributed by atoms with Gasteiger partial charge < -0.3 is 15.8 Å². The summed E-state index contributed by atoms with van der Waals surface area (Å²) in [6, 6.07) is 12.5. The largest absolute Gasteiger partial charge is 0.491 e. The molecule has 2 rings (SSSR count). The average Bonchev–Trinajstić information content (AvgIpc) is 2.50. The molecule has 130 valence electrons. The van der Waals surface area contributed by atoms with Crippen LogP contribution in [0, 0.1) is 12.7 Å². The van der Waals surface area contributed by atoms with E-state index in [1.54, 1.807) is 13.0 Å². The van der Waals surface area contributed by atoms with Crippen molar-refractivity contribution >= 4 is 35.6 Å². The Morgan fingerprint density at radius 2 is 1.88 bits per heavy atom. The molecule has 24 heavy (non-hydrogen) atoms. The lowest BCUT2D eigenvalue weighted by Gasteiger charge is -2.11. The van der Waals surface area contributed by atoms with Crippen LogP contribution in [0.3, 0.4) is 0 Å². The smallest absolute Gasteiger partial charge is 0.193 e. The highest BCUT2D eigenvalue weighted by Gasteiger charge is 2.01. The number of hydrogen-bond donors (Lipinski definition) is 2. The maximum atomic E-state index is 13.5. The molecule has 0 unspecified atom stereocenters. The van der Waals surface area contributed by atoms with Crippen molar-refractivity contribution in [2.45, 2.75) is 33.4 Å². The van der Waals surface area contributed by atoms with Crippen LogP contribution in [0.2, 0.25) is 0 Å². The van der Waals surface area contributed by atoms with Gasteiger partial charge in [0.2, 0.25) is 0 Å². The summed E-state index contributed by atoms with van der Waals surface area (Å²) in [7, 11) is 0. The Balaban J connectivity index is 0.00000288.